The Morgan fingerprint density at radius 2 is 2.42 bits per heavy atom. The summed E-state index contributed by atoms with van der Waals surface area (Å²) in [5.41, 5.74) is 2.48. The van der Waals surface area contributed by atoms with Crippen LogP contribution < -0.4 is 5.32 Å². The highest BCUT2D eigenvalue weighted by molar-refractivity contribution is 5.15. The number of hydrogen-bond donors (Lipinski definition) is 2. The number of imidazole rings is 1. The van der Waals surface area contributed by atoms with Crippen LogP contribution in [0.25, 0.3) is 0 Å². The van der Waals surface area contributed by atoms with Crippen molar-refractivity contribution in [2.24, 2.45) is 5.92 Å². The first kappa shape index (κ1) is 13.1. The standard InChI is InChI=1S/C14H24N4O/c1-18(7-11-3-2-4-19-9-11)8-12-5-13-14(6-15-12)17-10-16-13/h10-12,15H,2-9H2,1H3,(H,16,17). The molecule has 2 N–H and O–H groups in total. The lowest BCUT2D eigenvalue weighted by Gasteiger charge is -2.31. The molecule has 3 heterocycles. The van der Waals surface area contributed by atoms with Gasteiger partial charge in [-0.15, -0.1) is 0 Å². The first-order chi connectivity index (χ1) is 9.31. The molecule has 5 nitrogen and oxygen atoms in total. The van der Waals surface area contributed by atoms with E-state index in [4.69, 9.17) is 4.74 Å². The highest BCUT2D eigenvalue weighted by Crippen LogP contribution is 2.16. The molecule has 1 fully saturated rings. The van der Waals surface area contributed by atoms with Crippen LogP contribution in [0.1, 0.15) is 24.2 Å². The highest BCUT2D eigenvalue weighted by atomic mass is 16.5. The summed E-state index contributed by atoms with van der Waals surface area (Å²) in [6.45, 7) is 5.03. The Bertz CT molecular complexity index is 400. The Morgan fingerprint density at radius 3 is 3.26 bits per heavy atom. The number of nitrogens with one attached hydrogen (secondary N) is 2. The molecule has 19 heavy (non-hydrogen) atoms. The van der Waals surface area contributed by atoms with E-state index in [-0.39, 0.29) is 0 Å². The van der Waals surface area contributed by atoms with Crippen molar-refractivity contribution in [2.45, 2.75) is 31.8 Å². The number of hydrogen-bond acceptors (Lipinski definition) is 4. The quantitative estimate of drug-likeness (QED) is 0.844. The van der Waals surface area contributed by atoms with E-state index in [2.05, 4.69) is 27.2 Å². The fourth-order valence-electron chi connectivity index (χ4n) is 3.20. The normalized spacial score (nSPS) is 27.5. The van der Waals surface area contributed by atoms with Crippen LogP contribution in [0.15, 0.2) is 6.33 Å². The summed E-state index contributed by atoms with van der Waals surface area (Å²) in [5.74, 6) is 0.711. The third kappa shape index (κ3) is 3.35. The van der Waals surface area contributed by atoms with Gasteiger partial charge in [0.05, 0.1) is 24.3 Å². The number of fused-ring (bicyclic) bond motifs is 1. The van der Waals surface area contributed by atoms with Crippen LogP contribution in [-0.4, -0.2) is 54.3 Å². The van der Waals surface area contributed by atoms with Gasteiger partial charge in [-0.1, -0.05) is 0 Å². The van der Waals surface area contributed by atoms with Crippen molar-refractivity contribution in [3.8, 4) is 0 Å². The van der Waals surface area contributed by atoms with Gasteiger partial charge in [0, 0.05) is 38.7 Å². The predicted molar refractivity (Wildman–Crippen MR) is 74.0 cm³/mol. The molecule has 0 saturated carbocycles. The molecule has 1 aromatic rings. The summed E-state index contributed by atoms with van der Waals surface area (Å²) < 4.78 is 5.55. The molecule has 0 radical (unpaired) electrons. The van der Waals surface area contributed by atoms with Crippen molar-refractivity contribution in [3.05, 3.63) is 17.7 Å². The minimum Gasteiger partial charge on any atom is -0.381 e. The van der Waals surface area contributed by atoms with Crippen molar-refractivity contribution >= 4 is 0 Å². The first-order valence-electron chi connectivity index (χ1n) is 7.32. The smallest absolute Gasteiger partial charge is 0.0925 e. The SMILES string of the molecule is CN(CC1CCCOC1)CC1Cc2nc[nH]c2CN1. The van der Waals surface area contributed by atoms with Crippen LogP contribution in [0.4, 0.5) is 0 Å². The van der Waals surface area contributed by atoms with Crippen LogP contribution in [-0.2, 0) is 17.7 Å². The number of H-pyrrole nitrogens is 1. The number of aromatic nitrogens is 2. The zero-order valence-corrected chi connectivity index (χ0v) is 11.7. The fourth-order valence-corrected chi connectivity index (χ4v) is 3.20. The molecule has 0 amide bonds. The van der Waals surface area contributed by atoms with E-state index in [0.717, 1.165) is 39.3 Å². The zero-order chi connectivity index (χ0) is 13.1. The molecule has 1 aromatic heterocycles. The van der Waals surface area contributed by atoms with Crippen LogP contribution in [0.3, 0.4) is 0 Å². The lowest BCUT2D eigenvalue weighted by molar-refractivity contribution is 0.0408. The third-order valence-electron chi connectivity index (χ3n) is 4.17. The number of rotatable bonds is 4. The van der Waals surface area contributed by atoms with E-state index < -0.39 is 0 Å². The van der Waals surface area contributed by atoms with E-state index in [1.165, 1.54) is 24.2 Å². The maximum Gasteiger partial charge on any atom is 0.0925 e. The number of aromatic amines is 1. The molecule has 3 rings (SSSR count). The average Bonchev–Trinajstić information content (AvgIpc) is 2.87. The van der Waals surface area contributed by atoms with Gasteiger partial charge in [-0.3, -0.25) is 0 Å². The van der Waals surface area contributed by atoms with Crippen LogP contribution >= 0.6 is 0 Å². The largest absolute Gasteiger partial charge is 0.381 e. The van der Waals surface area contributed by atoms with Crippen LogP contribution in [0.5, 0.6) is 0 Å². The van der Waals surface area contributed by atoms with Gasteiger partial charge >= 0.3 is 0 Å². The van der Waals surface area contributed by atoms with Gasteiger partial charge in [0.15, 0.2) is 0 Å². The van der Waals surface area contributed by atoms with Gasteiger partial charge in [0.1, 0.15) is 0 Å². The monoisotopic (exact) mass is 264 g/mol. The summed E-state index contributed by atoms with van der Waals surface area (Å²) in [4.78, 5) is 10.0. The molecule has 2 aliphatic heterocycles. The van der Waals surface area contributed by atoms with E-state index in [9.17, 15) is 0 Å². The summed E-state index contributed by atoms with van der Waals surface area (Å²) in [6.07, 6.45) is 5.37. The topological polar surface area (TPSA) is 53.2 Å². The summed E-state index contributed by atoms with van der Waals surface area (Å²) in [5, 5.41) is 3.59. The summed E-state index contributed by atoms with van der Waals surface area (Å²) >= 11 is 0. The van der Waals surface area contributed by atoms with Crippen molar-refractivity contribution in [1.29, 1.82) is 0 Å². The van der Waals surface area contributed by atoms with Crippen molar-refractivity contribution in [2.75, 3.05) is 33.4 Å². The second-order valence-electron chi connectivity index (χ2n) is 5.91. The van der Waals surface area contributed by atoms with Crippen LogP contribution in [0, 0.1) is 5.92 Å². The molecule has 0 aliphatic carbocycles. The Hall–Kier alpha value is -0.910. The van der Waals surface area contributed by atoms with Gasteiger partial charge in [0.2, 0.25) is 0 Å². The zero-order valence-electron chi connectivity index (χ0n) is 11.7. The number of ether oxygens (including phenoxy) is 1. The minimum absolute atomic E-state index is 0.519. The van der Waals surface area contributed by atoms with Crippen molar-refractivity contribution in [3.63, 3.8) is 0 Å². The molecule has 5 heteroatoms. The molecule has 106 valence electrons. The maximum atomic E-state index is 5.55. The molecule has 0 aromatic carbocycles. The van der Waals surface area contributed by atoms with Gasteiger partial charge in [-0.25, -0.2) is 4.98 Å². The highest BCUT2D eigenvalue weighted by Gasteiger charge is 2.22. The molecular formula is C14H24N4O. The third-order valence-corrected chi connectivity index (χ3v) is 4.17. The van der Waals surface area contributed by atoms with E-state index >= 15 is 0 Å². The molecular weight excluding hydrogens is 240 g/mol. The Kier molecular flexibility index (Phi) is 4.15. The second kappa shape index (κ2) is 6.03. The second-order valence-corrected chi connectivity index (χ2v) is 5.91. The maximum absolute atomic E-state index is 5.55. The van der Waals surface area contributed by atoms with Gasteiger partial charge in [-0.2, -0.15) is 0 Å². The van der Waals surface area contributed by atoms with Gasteiger partial charge in [0.25, 0.3) is 0 Å². The van der Waals surface area contributed by atoms with Gasteiger partial charge < -0.3 is 19.9 Å². The van der Waals surface area contributed by atoms with E-state index in [0.29, 0.717) is 12.0 Å². The molecule has 2 unspecified atom stereocenters. The van der Waals surface area contributed by atoms with Gasteiger partial charge in [-0.05, 0) is 25.8 Å². The minimum atomic E-state index is 0.519. The first-order valence-corrected chi connectivity index (χ1v) is 7.32. The Labute approximate surface area is 114 Å². The van der Waals surface area contributed by atoms with Crippen molar-refractivity contribution < 1.29 is 4.74 Å². The molecule has 0 bridgehead atoms. The summed E-state index contributed by atoms with van der Waals surface area (Å²) in [6, 6.07) is 0.519. The lowest BCUT2D eigenvalue weighted by atomic mass is 10.0. The molecule has 2 atom stereocenters. The Balaban J connectivity index is 1.46. The lowest BCUT2D eigenvalue weighted by Crippen LogP contribution is -2.45. The fraction of sp³-hybridized carbons (Fsp3) is 0.786. The Morgan fingerprint density at radius 1 is 1.47 bits per heavy atom. The average molecular weight is 264 g/mol. The van der Waals surface area contributed by atoms with Crippen LogP contribution in [0.2, 0.25) is 0 Å². The summed E-state index contributed by atoms with van der Waals surface area (Å²) in [7, 11) is 2.22. The molecule has 2 aliphatic rings. The van der Waals surface area contributed by atoms with Crippen molar-refractivity contribution in [1.82, 2.24) is 20.2 Å². The van der Waals surface area contributed by atoms with E-state index in [1.807, 2.05) is 0 Å². The van der Waals surface area contributed by atoms with E-state index in [1.54, 1.807) is 6.33 Å². The molecule has 0 spiro atoms. The predicted octanol–water partition coefficient (Wildman–Crippen LogP) is 0.782. The molecule has 1 saturated heterocycles. The number of likely N-dealkylation sites (N-methyl/N-ethyl adjacent to an activating group) is 1. The number of nitrogens with zero attached hydrogens (tertiary/aromatic N) is 2.